The molecule has 7 heteroatoms. The first-order valence-electron chi connectivity index (χ1n) is 7.00. The highest BCUT2D eigenvalue weighted by Gasteiger charge is 2.10. The fourth-order valence-electron chi connectivity index (χ4n) is 2.04. The summed E-state index contributed by atoms with van der Waals surface area (Å²) in [6.45, 7) is 0. The molecule has 0 fully saturated rings. The Morgan fingerprint density at radius 3 is 2.61 bits per heavy atom. The van der Waals surface area contributed by atoms with Crippen LogP contribution in [0, 0.1) is 0 Å². The SMILES string of the molecule is COc1ccc(Cc2nc(NC(=O)c3ccncc3)n[nH]2)cc1. The molecule has 0 saturated heterocycles. The third-order valence-corrected chi connectivity index (χ3v) is 3.23. The molecule has 0 aliphatic carbocycles. The van der Waals surface area contributed by atoms with Crippen molar-refractivity contribution in [2.24, 2.45) is 0 Å². The molecule has 0 bridgehead atoms. The van der Waals surface area contributed by atoms with Crippen molar-refractivity contribution < 1.29 is 9.53 Å². The highest BCUT2D eigenvalue weighted by Crippen LogP contribution is 2.14. The van der Waals surface area contributed by atoms with Crippen LogP contribution in [0.25, 0.3) is 0 Å². The number of carbonyl (C=O) groups excluding carboxylic acids is 1. The molecule has 2 N–H and O–H groups in total. The van der Waals surface area contributed by atoms with E-state index < -0.39 is 0 Å². The number of aromatic nitrogens is 4. The molecule has 0 spiro atoms. The second kappa shape index (κ2) is 6.69. The third kappa shape index (κ3) is 3.70. The van der Waals surface area contributed by atoms with Crippen LogP contribution in [-0.4, -0.2) is 33.2 Å². The Balaban J connectivity index is 1.64. The van der Waals surface area contributed by atoms with Gasteiger partial charge in [-0.05, 0) is 29.8 Å². The van der Waals surface area contributed by atoms with Crippen molar-refractivity contribution in [1.82, 2.24) is 20.2 Å². The first kappa shape index (κ1) is 14.7. The molecule has 2 aromatic heterocycles. The van der Waals surface area contributed by atoms with Crippen LogP contribution in [0.1, 0.15) is 21.7 Å². The summed E-state index contributed by atoms with van der Waals surface area (Å²) in [6, 6.07) is 10.9. The van der Waals surface area contributed by atoms with Gasteiger partial charge in [-0.1, -0.05) is 12.1 Å². The number of nitrogens with zero attached hydrogens (tertiary/aromatic N) is 3. The second-order valence-corrected chi connectivity index (χ2v) is 4.82. The van der Waals surface area contributed by atoms with Crippen LogP contribution < -0.4 is 10.1 Å². The fourth-order valence-corrected chi connectivity index (χ4v) is 2.04. The summed E-state index contributed by atoms with van der Waals surface area (Å²) < 4.78 is 5.12. The largest absolute Gasteiger partial charge is 0.497 e. The van der Waals surface area contributed by atoms with Crippen LogP contribution in [0.5, 0.6) is 5.75 Å². The maximum absolute atomic E-state index is 12.0. The molecule has 0 aliphatic heterocycles. The van der Waals surface area contributed by atoms with Gasteiger partial charge in [0.15, 0.2) is 0 Å². The molecule has 0 radical (unpaired) electrons. The predicted molar refractivity (Wildman–Crippen MR) is 84.4 cm³/mol. The minimum absolute atomic E-state index is 0.246. The van der Waals surface area contributed by atoms with Crippen LogP contribution in [0.15, 0.2) is 48.8 Å². The van der Waals surface area contributed by atoms with E-state index >= 15 is 0 Å². The lowest BCUT2D eigenvalue weighted by Crippen LogP contribution is -2.12. The van der Waals surface area contributed by atoms with Gasteiger partial charge < -0.3 is 4.74 Å². The van der Waals surface area contributed by atoms with Crippen LogP contribution in [0.3, 0.4) is 0 Å². The van der Waals surface area contributed by atoms with Crippen molar-refractivity contribution in [2.45, 2.75) is 6.42 Å². The van der Waals surface area contributed by atoms with Gasteiger partial charge in [0.1, 0.15) is 11.6 Å². The summed E-state index contributed by atoms with van der Waals surface area (Å²) in [6.07, 6.45) is 3.70. The normalized spacial score (nSPS) is 10.3. The molecule has 0 aliphatic rings. The van der Waals surface area contributed by atoms with E-state index in [1.165, 1.54) is 0 Å². The highest BCUT2D eigenvalue weighted by molar-refractivity contribution is 6.03. The third-order valence-electron chi connectivity index (χ3n) is 3.23. The number of hydrogen-bond acceptors (Lipinski definition) is 5. The van der Waals surface area contributed by atoms with Crippen LogP contribution in [-0.2, 0) is 6.42 Å². The number of benzene rings is 1. The number of carbonyl (C=O) groups is 1. The van der Waals surface area contributed by atoms with Gasteiger partial charge in [0.05, 0.1) is 7.11 Å². The van der Waals surface area contributed by atoms with Gasteiger partial charge in [-0.3, -0.25) is 20.2 Å². The van der Waals surface area contributed by atoms with E-state index in [9.17, 15) is 4.79 Å². The Labute approximate surface area is 132 Å². The van der Waals surface area contributed by atoms with E-state index in [1.807, 2.05) is 24.3 Å². The zero-order valence-corrected chi connectivity index (χ0v) is 12.5. The number of rotatable bonds is 5. The van der Waals surface area contributed by atoms with Gasteiger partial charge in [0, 0.05) is 24.4 Å². The van der Waals surface area contributed by atoms with Gasteiger partial charge >= 0.3 is 0 Å². The summed E-state index contributed by atoms with van der Waals surface area (Å²) >= 11 is 0. The molecular formula is C16H15N5O2. The van der Waals surface area contributed by atoms with Gasteiger partial charge in [-0.2, -0.15) is 4.98 Å². The van der Waals surface area contributed by atoms with E-state index in [4.69, 9.17) is 4.74 Å². The second-order valence-electron chi connectivity index (χ2n) is 4.82. The Bertz CT molecular complexity index is 784. The molecule has 1 amide bonds. The molecule has 0 unspecified atom stereocenters. The van der Waals surface area contributed by atoms with Crippen LogP contribution in [0.2, 0.25) is 0 Å². The Morgan fingerprint density at radius 1 is 1.17 bits per heavy atom. The summed E-state index contributed by atoms with van der Waals surface area (Å²) in [4.78, 5) is 20.1. The number of anilines is 1. The van der Waals surface area contributed by atoms with Crippen molar-refractivity contribution in [3.63, 3.8) is 0 Å². The monoisotopic (exact) mass is 309 g/mol. The maximum Gasteiger partial charge on any atom is 0.258 e. The van der Waals surface area contributed by atoms with Gasteiger partial charge in [-0.25, -0.2) is 0 Å². The summed E-state index contributed by atoms with van der Waals surface area (Å²) in [5.74, 6) is 1.44. The Kier molecular flexibility index (Phi) is 4.28. The lowest BCUT2D eigenvalue weighted by Gasteiger charge is -2.01. The van der Waals surface area contributed by atoms with Crippen molar-refractivity contribution in [3.8, 4) is 5.75 Å². The quantitative estimate of drug-likeness (QED) is 0.752. The zero-order valence-electron chi connectivity index (χ0n) is 12.5. The topological polar surface area (TPSA) is 92.8 Å². The van der Waals surface area contributed by atoms with E-state index in [-0.39, 0.29) is 11.9 Å². The number of aromatic amines is 1. The lowest BCUT2D eigenvalue weighted by atomic mass is 10.1. The van der Waals surface area contributed by atoms with E-state index in [2.05, 4.69) is 25.5 Å². The Morgan fingerprint density at radius 2 is 1.91 bits per heavy atom. The maximum atomic E-state index is 12.0. The Hall–Kier alpha value is -3.22. The minimum Gasteiger partial charge on any atom is -0.497 e. The number of hydrogen-bond donors (Lipinski definition) is 2. The van der Waals surface area contributed by atoms with E-state index in [0.717, 1.165) is 11.3 Å². The summed E-state index contributed by atoms with van der Waals surface area (Å²) in [7, 11) is 1.63. The predicted octanol–water partition coefficient (Wildman–Crippen LogP) is 2.05. The number of amides is 1. The van der Waals surface area contributed by atoms with Gasteiger partial charge in [0.2, 0.25) is 5.95 Å². The fraction of sp³-hybridized carbons (Fsp3) is 0.125. The molecule has 3 aromatic rings. The molecular weight excluding hydrogens is 294 g/mol. The van der Waals surface area contributed by atoms with Crippen LogP contribution in [0.4, 0.5) is 5.95 Å². The first-order valence-corrected chi connectivity index (χ1v) is 7.00. The molecule has 3 rings (SSSR count). The van der Waals surface area contributed by atoms with E-state index in [0.29, 0.717) is 17.8 Å². The standard InChI is InChI=1S/C16H15N5O2/c1-23-13-4-2-11(3-5-13)10-14-18-16(21-20-14)19-15(22)12-6-8-17-9-7-12/h2-9H,10H2,1H3,(H2,18,19,20,21,22). The minimum atomic E-state index is -0.276. The number of nitrogens with one attached hydrogen (secondary N) is 2. The van der Waals surface area contributed by atoms with Crippen LogP contribution >= 0.6 is 0 Å². The first-order chi connectivity index (χ1) is 11.2. The molecule has 0 atom stereocenters. The van der Waals surface area contributed by atoms with Gasteiger partial charge in [-0.15, -0.1) is 5.10 Å². The molecule has 7 nitrogen and oxygen atoms in total. The average molecular weight is 309 g/mol. The van der Waals surface area contributed by atoms with Crippen molar-refractivity contribution in [2.75, 3.05) is 12.4 Å². The lowest BCUT2D eigenvalue weighted by molar-refractivity contribution is 0.102. The molecule has 1 aromatic carbocycles. The van der Waals surface area contributed by atoms with Crippen molar-refractivity contribution >= 4 is 11.9 Å². The number of ether oxygens (including phenoxy) is 1. The molecule has 0 saturated carbocycles. The number of methoxy groups -OCH3 is 1. The molecule has 2 heterocycles. The summed E-state index contributed by atoms with van der Waals surface area (Å²) in [5.41, 5.74) is 1.57. The number of pyridine rings is 1. The smallest absolute Gasteiger partial charge is 0.258 e. The van der Waals surface area contributed by atoms with Crippen molar-refractivity contribution in [1.29, 1.82) is 0 Å². The molecule has 23 heavy (non-hydrogen) atoms. The van der Waals surface area contributed by atoms with Gasteiger partial charge in [0.25, 0.3) is 5.91 Å². The van der Waals surface area contributed by atoms with Crippen molar-refractivity contribution in [3.05, 3.63) is 65.7 Å². The zero-order chi connectivity index (χ0) is 16.1. The highest BCUT2D eigenvalue weighted by atomic mass is 16.5. The summed E-state index contributed by atoms with van der Waals surface area (Å²) in [5, 5.41) is 9.47. The average Bonchev–Trinajstić information content (AvgIpc) is 3.03. The molecule has 116 valence electrons. The number of H-pyrrole nitrogens is 1. The van der Waals surface area contributed by atoms with E-state index in [1.54, 1.807) is 31.6 Å².